The van der Waals surface area contributed by atoms with Crippen molar-refractivity contribution in [2.24, 2.45) is 16.8 Å². The van der Waals surface area contributed by atoms with E-state index in [2.05, 4.69) is 4.98 Å². The molecular formula is C30H35ClFN3O6S. The van der Waals surface area contributed by atoms with Crippen molar-refractivity contribution in [3.8, 4) is 0 Å². The summed E-state index contributed by atoms with van der Waals surface area (Å²) in [4.78, 5) is 50.1. The molecule has 1 aromatic carbocycles. The minimum atomic E-state index is -1.21. The Balaban J connectivity index is 1.89. The number of carbonyl (C=O) groups excluding carboxylic acids is 3. The van der Waals surface area contributed by atoms with Crippen LogP contribution in [0.15, 0.2) is 46.0 Å². The van der Waals surface area contributed by atoms with Crippen molar-refractivity contribution >= 4 is 46.8 Å². The standard InChI is InChI=1S/C30H35ClFN3O6S/c1-6-40-21(36)16-17-10-12-18(13-11-17)24-22(28(37)39-5)25(19-8-7-9-20(32)23(19)31)35(29(38)41-30(2,3)4)26(34-24)27-33-14-15-42-27/h7-9,14-15,17-18,25H,6,10-13,16H2,1-5H3. The molecule has 1 fully saturated rings. The molecule has 0 radical (unpaired) electrons. The second-order valence-electron chi connectivity index (χ2n) is 11.2. The minimum Gasteiger partial charge on any atom is -0.466 e. The lowest BCUT2D eigenvalue weighted by Crippen LogP contribution is -2.47. The maximum Gasteiger partial charge on any atom is 0.416 e. The van der Waals surface area contributed by atoms with Crippen LogP contribution < -0.4 is 0 Å². The maximum absolute atomic E-state index is 14.9. The van der Waals surface area contributed by atoms with Gasteiger partial charge in [0.1, 0.15) is 17.5 Å². The van der Waals surface area contributed by atoms with Crippen molar-refractivity contribution in [3.05, 3.63) is 62.5 Å². The number of hydrogen-bond donors (Lipinski definition) is 0. The number of thiazole rings is 1. The predicted molar refractivity (Wildman–Crippen MR) is 157 cm³/mol. The summed E-state index contributed by atoms with van der Waals surface area (Å²) in [6, 6.07) is 3.03. The Bertz CT molecular complexity index is 1380. The lowest BCUT2D eigenvalue weighted by molar-refractivity contribution is -0.144. The normalized spacial score (nSPS) is 21.1. The maximum atomic E-state index is 14.9. The Hall–Kier alpha value is -3.31. The zero-order chi connectivity index (χ0) is 30.6. The smallest absolute Gasteiger partial charge is 0.416 e. The quantitative estimate of drug-likeness (QED) is 0.246. The number of halogens is 2. The van der Waals surface area contributed by atoms with Crippen LogP contribution in [0.5, 0.6) is 0 Å². The minimum absolute atomic E-state index is 0.0741. The number of esters is 2. The van der Waals surface area contributed by atoms with E-state index in [1.165, 1.54) is 35.5 Å². The molecule has 1 aliphatic carbocycles. The van der Waals surface area contributed by atoms with E-state index in [1.807, 2.05) is 0 Å². The molecule has 9 nitrogen and oxygen atoms in total. The van der Waals surface area contributed by atoms with E-state index in [4.69, 9.17) is 30.8 Å². The first kappa shape index (κ1) is 31.6. The molecule has 2 heterocycles. The van der Waals surface area contributed by atoms with Gasteiger partial charge < -0.3 is 14.2 Å². The summed E-state index contributed by atoms with van der Waals surface area (Å²) in [7, 11) is 1.24. The lowest BCUT2D eigenvalue weighted by atomic mass is 9.77. The van der Waals surface area contributed by atoms with E-state index in [9.17, 15) is 18.8 Å². The molecule has 1 amide bonds. The van der Waals surface area contributed by atoms with Crippen LogP contribution in [0.4, 0.5) is 9.18 Å². The fourth-order valence-corrected chi connectivity index (χ4v) is 6.22. The summed E-state index contributed by atoms with van der Waals surface area (Å²) < 4.78 is 31.0. The number of aliphatic imine (C=N–C) groups is 1. The van der Waals surface area contributed by atoms with Gasteiger partial charge in [0, 0.05) is 29.5 Å². The second kappa shape index (κ2) is 13.3. The van der Waals surface area contributed by atoms with Gasteiger partial charge in [-0.3, -0.25) is 4.79 Å². The molecule has 1 saturated carbocycles. The molecule has 4 rings (SSSR count). The summed E-state index contributed by atoms with van der Waals surface area (Å²) in [5.41, 5.74) is -0.217. The molecular weight excluding hydrogens is 585 g/mol. The fourth-order valence-electron chi connectivity index (χ4n) is 5.37. The summed E-state index contributed by atoms with van der Waals surface area (Å²) in [6.45, 7) is 7.26. The van der Waals surface area contributed by atoms with Crippen LogP contribution in [0.1, 0.15) is 76.4 Å². The van der Waals surface area contributed by atoms with Gasteiger partial charge in [-0.05, 0) is 65.4 Å². The number of ether oxygens (including phenoxy) is 3. The van der Waals surface area contributed by atoms with Gasteiger partial charge in [-0.15, -0.1) is 11.3 Å². The van der Waals surface area contributed by atoms with E-state index in [0.29, 0.717) is 49.4 Å². The highest BCUT2D eigenvalue weighted by Crippen LogP contribution is 2.46. The van der Waals surface area contributed by atoms with E-state index in [-0.39, 0.29) is 39.8 Å². The zero-order valence-electron chi connectivity index (χ0n) is 24.3. The number of allylic oxidation sites excluding steroid dienone is 1. The molecule has 0 spiro atoms. The molecule has 1 aliphatic heterocycles. The van der Waals surface area contributed by atoms with Crippen LogP contribution in [-0.2, 0) is 23.8 Å². The molecule has 1 atom stereocenters. The number of methoxy groups -OCH3 is 1. The molecule has 2 aromatic rings. The van der Waals surface area contributed by atoms with Gasteiger partial charge in [-0.1, -0.05) is 23.7 Å². The summed E-state index contributed by atoms with van der Waals surface area (Å²) in [6.07, 6.45) is 3.79. The first-order chi connectivity index (χ1) is 19.9. The second-order valence-corrected chi connectivity index (χ2v) is 12.5. The number of hydrogen-bond acceptors (Lipinski definition) is 9. The zero-order valence-corrected chi connectivity index (χ0v) is 25.9. The average molecular weight is 620 g/mol. The number of carbonyl (C=O) groups is 3. The van der Waals surface area contributed by atoms with Gasteiger partial charge >= 0.3 is 18.0 Å². The Morgan fingerprint density at radius 2 is 1.88 bits per heavy atom. The van der Waals surface area contributed by atoms with Crippen molar-refractivity contribution in [2.45, 2.75) is 71.4 Å². The van der Waals surface area contributed by atoms with Gasteiger partial charge in [0.2, 0.25) is 0 Å². The van der Waals surface area contributed by atoms with Gasteiger partial charge in [0.15, 0.2) is 10.8 Å². The SMILES string of the molecule is CCOC(=O)CC1CCC(C2=C(C(=O)OC)C(c3cccc(F)c3Cl)N(C(=O)OC(C)(C)C)C(c3nccs3)=N2)CC1. The largest absolute Gasteiger partial charge is 0.466 e. The summed E-state index contributed by atoms with van der Waals surface area (Å²) in [5.74, 6) is -1.56. The van der Waals surface area contributed by atoms with Crippen molar-refractivity contribution in [2.75, 3.05) is 13.7 Å². The van der Waals surface area contributed by atoms with Crippen molar-refractivity contribution < 1.29 is 33.0 Å². The molecule has 0 N–H and O–H groups in total. The van der Waals surface area contributed by atoms with Crippen LogP contribution in [0.2, 0.25) is 5.02 Å². The third kappa shape index (κ3) is 7.00. The van der Waals surface area contributed by atoms with E-state index in [1.54, 1.807) is 45.3 Å². The van der Waals surface area contributed by atoms with E-state index >= 15 is 0 Å². The van der Waals surface area contributed by atoms with Crippen LogP contribution in [0, 0.1) is 17.7 Å². The number of rotatable bonds is 7. The highest BCUT2D eigenvalue weighted by atomic mass is 35.5. The number of nitrogens with zero attached hydrogens (tertiary/aromatic N) is 3. The first-order valence-electron chi connectivity index (χ1n) is 13.9. The van der Waals surface area contributed by atoms with Crippen LogP contribution in [0.3, 0.4) is 0 Å². The van der Waals surface area contributed by atoms with Gasteiger partial charge in [0.25, 0.3) is 0 Å². The van der Waals surface area contributed by atoms with Gasteiger partial charge in [-0.2, -0.15) is 0 Å². The topological polar surface area (TPSA) is 107 Å². The van der Waals surface area contributed by atoms with Crippen LogP contribution >= 0.6 is 22.9 Å². The fraction of sp³-hybridized carbons (Fsp3) is 0.500. The van der Waals surface area contributed by atoms with Crippen LogP contribution in [-0.4, -0.2) is 53.1 Å². The Morgan fingerprint density at radius 3 is 2.48 bits per heavy atom. The molecule has 0 saturated heterocycles. The molecule has 2 aliphatic rings. The molecule has 1 unspecified atom stereocenters. The van der Waals surface area contributed by atoms with Gasteiger partial charge in [-0.25, -0.2) is 28.9 Å². The Labute approximate surface area is 253 Å². The monoisotopic (exact) mass is 619 g/mol. The molecule has 0 bridgehead atoms. The third-order valence-corrected chi connectivity index (χ3v) is 8.32. The highest BCUT2D eigenvalue weighted by Gasteiger charge is 2.46. The molecule has 42 heavy (non-hydrogen) atoms. The van der Waals surface area contributed by atoms with Crippen molar-refractivity contribution in [3.63, 3.8) is 0 Å². The summed E-state index contributed by atoms with van der Waals surface area (Å²) in [5, 5.41) is 1.92. The number of amides is 1. The third-order valence-electron chi connectivity index (χ3n) is 7.15. The van der Waals surface area contributed by atoms with Gasteiger partial charge in [0.05, 0.1) is 30.0 Å². The van der Waals surface area contributed by atoms with Crippen LogP contribution in [0.25, 0.3) is 0 Å². The van der Waals surface area contributed by atoms with Crippen molar-refractivity contribution in [1.29, 1.82) is 0 Å². The molecule has 1 aromatic heterocycles. The molecule has 12 heteroatoms. The van der Waals surface area contributed by atoms with E-state index < -0.39 is 29.5 Å². The average Bonchev–Trinajstić information content (AvgIpc) is 3.48. The first-order valence-corrected chi connectivity index (χ1v) is 15.1. The highest BCUT2D eigenvalue weighted by molar-refractivity contribution is 7.11. The molecule has 226 valence electrons. The number of aromatic nitrogens is 1. The predicted octanol–water partition coefficient (Wildman–Crippen LogP) is 6.86. The number of benzene rings is 1. The van der Waals surface area contributed by atoms with Crippen molar-refractivity contribution in [1.82, 2.24) is 9.88 Å². The number of amidine groups is 1. The Kier molecular flexibility index (Phi) is 10.0. The Morgan fingerprint density at radius 1 is 1.17 bits per heavy atom. The van der Waals surface area contributed by atoms with E-state index in [0.717, 1.165) is 0 Å². The lowest BCUT2D eigenvalue weighted by Gasteiger charge is -2.40. The summed E-state index contributed by atoms with van der Waals surface area (Å²) >= 11 is 7.78.